The summed E-state index contributed by atoms with van der Waals surface area (Å²) < 4.78 is 0. The maximum absolute atomic E-state index is 4.17. The Balaban J connectivity index is 2.07. The summed E-state index contributed by atoms with van der Waals surface area (Å²) in [5.74, 6) is 1.71. The van der Waals surface area contributed by atoms with E-state index in [0.29, 0.717) is 5.41 Å². The van der Waals surface area contributed by atoms with Gasteiger partial charge in [0.1, 0.15) is 0 Å². The van der Waals surface area contributed by atoms with Crippen molar-refractivity contribution in [1.29, 1.82) is 0 Å². The summed E-state index contributed by atoms with van der Waals surface area (Å²) in [5.41, 5.74) is 3.58. The predicted molar refractivity (Wildman–Crippen MR) is 66.7 cm³/mol. The fourth-order valence-electron chi connectivity index (χ4n) is 3.61. The van der Waals surface area contributed by atoms with E-state index in [4.69, 9.17) is 0 Å². The highest BCUT2D eigenvalue weighted by Gasteiger charge is 2.47. The average Bonchev–Trinajstić information content (AvgIpc) is 2.15. The van der Waals surface area contributed by atoms with Crippen LogP contribution in [-0.2, 0) is 0 Å². The van der Waals surface area contributed by atoms with Gasteiger partial charge in [-0.2, -0.15) is 0 Å². The molecule has 2 rings (SSSR count). The summed E-state index contributed by atoms with van der Waals surface area (Å²) in [6.07, 6.45) is 9.30. The van der Waals surface area contributed by atoms with Crippen molar-refractivity contribution in [3.63, 3.8) is 0 Å². The zero-order valence-electron chi connectivity index (χ0n) is 10.5. The highest BCUT2D eigenvalue weighted by Crippen LogP contribution is 2.57. The molecule has 2 aliphatic rings. The molecule has 15 heavy (non-hydrogen) atoms. The Hall–Kier alpha value is -0.520. The SMILES string of the molecule is C=C(C)C1CCC1(C)C1CC=C(C)CC1. The molecule has 3 atom stereocenters. The van der Waals surface area contributed by atoms with Crippen LogP contribution in [0.2, 0.25) is 0 Å². The lowest BCUT2D eigenvalue weighted by molar-refractivity contribution is 0.00363. The lowest BCUT2D eigenvalue weighted by atomic mass is 9.51. The third kappa shape index (κ3) is 1.79. The van der Waals surface area contributed by atoms with Gasteiger partial charge in [0.15, 0.2) is 0 Å². The van der Waals surface area contributed by atoms with Gasteiger partial charge in [0.25, 0.3) is 0 Å². The van der Waals surface area contributed by atoms with E-state index in [1.807, 2.05) is 0 Å². The Morgan fingerprint density at radius 1 is 1.47 bits per heavy atom. The minimum absolute atomic E-state index is 0.572. The van der Waals surface area contributed by atoms with Gasteiger partial charge in [-0.15, -0.1) is 0 Å². The van der Waals surface area contributed by atoms with Crippen molar-refractivity contribution in [2.24, 2.45) is 17.3 Å². The molecule has 0 heterocycles. The molecule has 0 N–H and O–H groups in total. The molecule has 0 aromatic heterocycles. The van der Waals surface area contributed by atoms with Gasteiger partial charge in [-0.3, -0.25) is 0 Å². The van der Waals surface area contributed by atoms with Crippen LogP contribution in [0.5, 0.6) is 0 Å². The first-order valence-corrected chi connectivity index (χ1v) is 6.35. The van der Waals surface area contributed by atoms with E-state index in [-0.39, 0.29) is 0 Å². The molecule has 84 valence electrons. The third-order valence-electron chi connectivity index (χ3n) is 4.93. The fourth-order valence-corrected chi connectivity index (χ4v) is 3.61. The van der Waals surface area contributed by atoms with Gasteiger partial charge in [-0.25, -0.2) is 0 Å². The number of allylic oxidation sites excluding steroid dienone is 3. The standard InChI is InChI=1S/C15H24/c1-11(2)14-9-10-15(14,4)13-7-5-12(3)6-8-13/h5,13-14H,1,6-10H2,2-4H3. The van der Waals surface area contributed by atoms with Crippen molar-refractivity contribution < 1.29 is 0 Å². The van der Waals surface area contributed by atoms with Gasteiger partial charge in [0, 0.05) is 0 Å². The van der Waals surface area contributed by atoms with E-state index in [1.54, 1.807) is 5.57 Å². The molecule has 3 unspecified atom stereocenters. The van der Waals surface area contributed by atoms with E-state index >= 15 is 0 Å². The molecular formula is C15H24. The Bertz CT molecular complexity index is 297. The normalized spacial score (nSPS) is 40.6. The zero-order valence-corrected chi connectivity index (χ0v) is 10.5. The molecule has 2 aliphatic carbocycles. The summed E-state index contributed by atoms with van der Waals surface area (Å²) >= 11 is 0. The molecule has 1 fully saturated rings. The van der Waals surface area contributed by atoms with Crippen molar-refractivity contribution >= 4 is 0 Å². The van der Waals surface area contributed by atoms with Gasteiger partial charge in [-0.05, 0) is 63.2 Å². The molecule has 0 spiro atoms. The van der Waals surface area contributed by atoms with Crippen LogP contribution in [-0.4, -0.2) is 0 Å². The Morgan fingerprint density at radius 3 is 2.60 bits per heavy atom. The van der Waals surface area contributed by atoms with Crippen LogP contribution in [0, 0.1) is 17.3 Å². The topological polar surface area (TPSA) is 0 Å². The number of hydrogen-bond acceptors (Lipinski definition) is 0. The molecule has 0 bridgehead atoms. The van der Waals surface area contributed by atoms with Crippen molar-refractivity contribution in [2.45, 2.75) is 52.9 Å². The molecule has 1 saturated carbocycles. The maximum atomic E-state index is 4.17. The summed E-state index contributed by atoms with van der Waals surface area (Å²) in [7, 11) is 0. The Morgan fingerprint density at radius 2 is 2.20 bits per heavy atom. The molecule has 0 radical (unpaired) electrons. The molecule has 0 amide bonds. The lowest BCUT2D eigenvalue weighted by Crippen LogP contribution is -2.44. The van der Waals surface area contributed by atoms with E-state index < -0.39 is 0 Å². The smallest absolute Gasteiger partial charge is 0.0152 e. The van der Waals surface area contributed by atoms with Crippen LogP contribution in [0.3, 0.4) is 0 Å². The Labute approximate surface area is 94.5 Å². The maximum Gasteiger partial charge on any atom is -0.0152 e. The largest absolute Gasteiger partial charge is 0.0998 e. The second-order valence-electron chi connectivity index (χ2n) is 5.97. The van der Waals surface area contributed by atoms with Crippen molar-refractivity contribution in [2.75, 3.05) is 0 Å². The van der Waals surface area contributed by atoms with Crippen molar-refractivity contribution in [3.05, 3.63) is 23.8 Å². The van der Waals surface area contributed by atoms with Gasteiger partial charge in [-0.1, -0.05) is 30.7 Å². The number of hydrogen-bond donors (Lipinski definition) is 0. The third-order valence-corrected chi connectivity index (χ3v) is 4.93. The van der Waals surface area contributed by atoms with Crippen molar-refractivity contribution in [3.8, 4) is 0 Å². The number of rotatable bonds is 2. The van der Waals surface area contributed by atoms with Gasteiger partial charge < -0.3 is 0 Å². The monoisotopic (exact) mass is 204 g/mol. The van der Waals surface area contributed by atoms with Crippen LogP contribution in [0.4, 0.5) is 0 Å². The summed E-state index contributed by atoms with van der Waals surface area (Å²) in [5, 5.41) is 0. The molecule has 0 heteroatoms. The van der Waals surface area contributed by atoms with Crippen LogP contribution in [0.1, 0.15) is 52.9 Å². The first kappa shape index (κ1) is 11.0. The van der Waals surface area contributed by atoms with E-state index in [9.17, 15) is 0 Å². The van der Waals surface area contributed by atoms with Crippen LogP contribution in [0.25, 0.3) is 0 Å². The predicted octanol–water partition coefficient (Wildman–Crippen LogP) is 4.73. The highest BCUT2D eigenvalue weighted by molar-refractivity contribution is 5.14. The summed E-state index contributed by atoms with van der Waals surface area (Å²) in [6, 6.07) is 0. The van der Waals surface area contributed by atoms with Gasteiger partial charge >= 0.3 is 0 Å². The second kappa shape index (κ2) is 3.81. The first-order valence-electron chi connectivity index (χ1n) is 6.35. The Kier molecular flexibility index (Phi) is 2.79. The minimum Gasteiger partial charge on any atom is -0.0998 e. The zero-order chi connectivity index (χ0) is 11.1. The molecule has 0 saturated heterocycles. The van der Waals surface area contributed by atoms with Crippen LogP contribution in [0.15, 0.2) is 23.8 Å². The molecule has 0 aromatic carbocycles. The van der Waals surface area contributed by atoms with Crippen LogP contribution >= 0.6 is 0 Å². The molecule has 0 aromatic rings. The van der Waals surface area contributed by atoms with Gasteiger partial charge in [0.05, 0.1) is 0 Å². The lowest BCUT2D eigenvalue weighted by Gasteiger charge is -2.53. The quantitative estimate of drug-likeness (QED) is 0.571. The van der Waals surface area contributed by atoms with E-state index in [2.05, 4.69) is 33.4 Å². The van der Waals surface area contributed by atoms with Gasteiger partial charge in [0.2, 0.25) is 0 Å². The summed E-state index contributed by atoms with van der Waals surface area (Å²) in [6.45, 7) is 11.1. The summed E-state index contributed by atoms with van der Waals surface area (Å²) in [4.78, 5) is 0. The van der Waals surface area contributed by atoms with E-state index in [0.717, 1.165) is 11.8 Å². The van der Waals surface area contributed by atoms with Crippen LogP contribution < -0.4 is 0 Å². The van der Waals surface area contributed by atoms with Crippen molar-refractivity contribution in [1.82, 2.24) is 0 Å². The first-order chi connectivity index (χ1) is 7.04. The second-order valence-corrected chi connectivity index (χ2v) is 5.97. The van der Waals surface area contributed by atoms with E-state index in [1.165, 1.54) is 37.7 Å². The highest BCUT2D eigenvalue weighted by atomic mass is 14.5. The molecule has 0 aliphatic heterocycles. The molecular weight excluding hydrogens is 180 g/mol. The molecule has 0 nitrogen and oxygen atoms in total. The minimum atomic E-state index is 0.572. The fraction of sp³-hybridized carbons (Fsp3) is 0.733. The average molecular weight is 204 g/mol.